The van der Waals surface area contributed by atoms with E-state index < -0.39 is 39.3 Å². The van der Waals surface area contributed by atoms with Gasteiger partial charge in [0.05, 0.1) is 12.3 Å². The van der Waals surface area contributed by atoms with Crippen molar-refractivity contribution in [2.45, 2.75) is 39.7 Å². The van der Waals surface area contributed by atoms with E-state index in [-0.39, 0.29) is 17.3 Å². The van der Waals surface area contributed by atoms with Crippen LogP contribution < -0.4 is 14.8 Å². The van der Waals surface area contributed by atoms with Gasteiger partial charge in [-0.2, -0.15) is 4.98 Å². The molecule has 1 atom stereocenters. The lowest BCUT2D eigenvalue weighted by Gasteiger charge is -2.15. The molecule has 0 bridgehead atoms. The van der Waals surface area contributed by atoms with Gasteiger partial charge in [-0.05, 0) is 60.7 Å². The Hall–Kier alpha value is -3.47. The first kappa shape index (κ1) is 25.2. The van der Waals surface area contributed by atoms with Gasteiger partial charge in [-0.15, -0.1) is 0 Å². The van der Waals surface area contributed by atoms with Crippen molar-refractivity contribution >= 4 is 21.6 Å². The zero-order valence-electron chi connectivity index (χ0n) is 19.3. The number of rotatable bonds is 8. The molecule has 0 aliphatic carbocycles. The number of nitrogens with one attached hydrogen (secondary N) is 2. The molecule has 182 valence electrons. The van der Waals surface area contributed by atoms with Crippen molar-refractivity contribution in [3.05, 3.63) is 70.6 Å². The van der Waals surface area contributed by atoms with Crippen molar-refractivity contribution in [2.24, 2.45) is 0 Å². The number of anilines is 1. The van der Waals surface area contributed by atoms with Crippen molar-refractivity contribution in [3.63, 3.8) is 0 Å². The van der Waals surface area contributed by atoms with Gasteiger partial charge in [0.1, 0.15) is 17.7 Å². The molecule has 0 aliphatic rings. The molecule has 3 aromatic rings. The SMILES string of the molecule is Cc1cc(Oc2nc(C(=O)N[C@H](C)c3cc(F)c(NS(C)(=O)=O)c(F)c3)co2)cc(C(C)C)c1. The first-order valence-electron chi connectivity index (χ1n) is 10.3. The molecule has 8 nitrogen and oxygen atoms in total. The number of aryl methyl sites for hydroxylation is 1. The molecule has 0 fully saturated rings. The maximum absolute atomic E-state index is 14.3. The highest BCUT2D eigenvalue weighted by Crippen LogP contribution is 2.28. The fourth-order valence-electron chi connectivity index (χ4n) is 3.16. The number of hydrogen-bond donors (Lipinski definition) is 2. The lowest BCUT2D eigenvalue weighted by molar-refractivity contribution is 0.0934. The predicted octanol–water partition coefficient (Wildman–Crippen LogP) is 5.04. The van der Waals surface area contributed by atoms with Crippen LogP contribution in [0.3, 0.4) is 0 Å². The minimum atomic E-state index is -3.87. The summed E-state index contributed by atoms with van der Waals surface area (Å²) in [6.07, 6.45) is 1.75. The molecule has 2 aromatic carbocycles. The van der Waals surface area contributed by atoms with Crippen LogP contribution in [-0.2, 0) is 10.0 Å². The third kappa shape index (κ3) is 6.31. The van der Waals surface area contributed by atoms with E-state index in [1.54, 1.807) is 4.72 Å². The topological polar surface area (TPSA) is 111 Å². The Morgan fingerprint density at radius 3 is 2.29 bits per heavy atom. The van der Waals surface area contributed by atoms with Gasteiger partial charge in [0.2, 0.25) is 10.0 Å². The number of ether oxygens (including phenoxy) is 1. The molecular formula is C23H25F2N3O5S. The van der Waals surface area contributed by atoms with E-state index in [0.717, 1.165) is 35.8 Å². The Labute approximate surface area is 196 Å². The zero-order valence-corrected chi connectivity index (χ0v) is 20.1. The summed E-state index contributed by atoms with van der Waals surface area (Å²) in [4.78, 5) is 16.6. The molecule has 0 radical (unpaired) electrons. The van der Waals surface area contributed by atoms with Crippen LogP contribution in [-0.4, -0.2) is 25.6 Å². The summed E-state index contributed by atoms with van der Waals surface area (Å²) in [7, 11) is -3.87. The average Bonchev–Trinajstić information content (AvgIpc) is 3.18. The van der Waals surface area contributed by atoms with Crippen molar-refractivity contribution in [1.29, 1.82) is 0 Å². The molecule has 1 amide bonds. The van der Waals surface area contributed by atoms with Crippen LogP contribution in [0.25, 0.3) is 0 Å². The Kier molecular flexibility index (Phi) is 7.25. The number of aromatic nitrogens is 1. The number of carbonyl (C=O) groups excluding carboxylic acids is 1. The molecule has 1 heterocycles. The smallest absolute Gasteiger partial charge is 0.399 e. The van der Waals surface area contributed by atoms with Crippen LogP contribution >= 0.6 is 0 Å². The highest BCUT2D eigenvalue weighted by atomic mass is 32.2. The van der Waals surface area contributed by atoms with E-state index >= 15 is 0 Å². The summed E-state index contributed by atoms with van der Waals surface area (Å²) in [5, 5.41) is 2.56. The molecule has 0 saturated heterocycles. The number of halogens is 2. The molecule has 34 heavy (non-hydrogen) atoms. The number of hydrogen-bond acceptors (Lipinski definition) is 6. The van der Waals surface area contributed by atoms with E-state index in [2.05, 4.69) is 24.1 Å². The number of amides is 1. The molecule has 3 rings (SSSR count). The van der Waals surface area contributed by atoms with Crippen LogP contribution in [0, 0.1) is 18.6 Å². The van der Waals surface area contributed by atoms with Crippen LogP contribution in [0.15, 0.2) is 41.0 Å². The van der Waals surface area contributed by atoms with Crippen LogP contribution in [0.2, 0.25) is 0 Å². The maximum atomic E-state index is 14.3. The second-order valence-electron chi connectivity index (χ2n) is 8.26. The summed E-state index contributed by atoms with van der Waals surface area (Å²) >= 11 is 0. The Morgan fingerprint density at radius 2 is 1.71 bits per heavy atom. The number of nitrogens with zero attached hydrogens (tertiary/aromatic N) is 1. The highest BCUT2D eigenvalue weighted by Gasteiger charge is 2.20. The minimum absolute atomic E-state index is 0.0864. The molecular weight excluding hydrogens is 468 g/mol. The van der Waals surface area contributed by atoms with E-state index in [1.807, 2.05) is 25.1 Å². The Bertz CT molecular complexity index is 1300. The summed E-state index contributed by atoms with van der Waals surface area (Å²) in [6.45, 7) is 7.55. The van der Waals surface area contributed by atoms with Gasteiger partial charge in [0.15, 0.2) is 17.3 Å². The zero-order chi connectivity index (χ0) is 25.2. The monoisotopic (exact) mass is 493 g/mol. The summed E-state index contributed by atoms with van der Waals surface area (Å²) in [6, 6.07) is 6.75. The van der Waals surface area contributed by atoms with E-state index in [1.165, 1.54) is 6.92 Å². The predicted molar refractivity (Wildman–Crippen MR) is 123 cm³/mol. The number of sulfonamides is 1. The van der Waals surface area contributed by atoms with Crippen molar-refractivity contribution in [2.75, 3.05) is 11.0 Å². The highest BCUT2D eigenvalue weighted by molar-refractivity contribution is 7.92. The van der Waals surface area contributed by atoms with Crippen molar-refractivity contribution in [3.8, 4) is 11.8 Å². The van der Waals surface area contributed by atoms with Crippen LogP contribution in [0.1, 0.15) is 59.9 Å². The Morgan fingerprint density at radius 1 is 1.06 bits per heavy atom. The van der Waals surface area contributed by atoms with E-state index in [9.17, 15) is 22.0 Å². The van der Waals surface area contributed by atoms with Crippen LogP contribution in [0.4, 0.5) is 14.5 Å². The minimum Gasteiger partial charge on any atom is -0.416 e. The first-order chi connectivity index (χ1) is 15.8. The molecule has 0 aliphatic heterocycles. The number of oxazole rings is 1. The lowest BCUT2D eigenvalue weighted by atomic mass is 10.0. The summed E-state index contributed by atoms with van der Waals surface area (Å²) in [5.74, 6) is -2.08. The van der Waals surface area contributed by atoms with Crippen molar-refractivity contribution < 1.29 is 31.1 Å². The van der Waals surface area contributed by atoms with Gasteiger partial charge >= 0.3 is 6.08 Å². The van der Waals surface area contributed by atoms with Gasteiger partial charge in [-0.1, -0.05) is 19.9 Å². The van der Waals surface area contributed by atoms with E-state index in [0.29, 0.717) is 11.7 Å². The first-order valence-corrected chi connectivity index (χ1v) is 12.2. The molecule has 11 heteroatoms. The second-order valence-corrected chi connectivity index (χ2v) is 10.0. The maximum Gasteiger partial charge on any atom is 0.399 e. The molecule has 0 saturated carbocycles. The van der Waals surface area contributed by atoms with E-state index in [4.69, 9.17) is 9.15 Å². The largest absolute Gasteiger partial charge is 0.416 e. The summed E-state index contributed by atoms with van der Waals surface area (Å²) in [5.41, 5.74) is 1.28. The number of carbonyl (C=O) groups is 1. The summed E-state index contributed by atoms with van der Waals surface area (Å²) < 4.78 is 63.7. The number of benzene rings is 2. The van der Waals surface area contributed by atoms with Gasteiger partial charge in [0, 0.05) is 0 Å². The molecule has 0 unspecified atom stereocenters. The van der Waals surface area contributed by atoms with Gasteiger partial charge in [0.25, 0.3) is 5.91 Å². The Balaban J connectivity index is 1.71. The average molecular weight is 494 g/mol. The van der Waals surface area contributed by atoms with Gasteiger partial charge < -0.3 is 14.5 Å². The normalized spacial score (nSPS) is 12.5. The molecule has 2 N–H and O–H groups in total. The third-order valence-corrected chi connectivity index (χ3v) is 5.44. The third-order valence-electron chi connectivity index (χ3n) is 4.86. The van der Waals surface area contributed by atoms with Gasteiger partial charge in [-0.25, -0.2) is 17.2 Å². The van der Waals surface area contributed by atoms with Gasteiger partial charge in [-0.3, -0.25) is 9.52 Å². The second kappa shape index (κ2) is 9.80. The standard InChI is InChI=1S/C23H25F2N3O5S/c1-12(2)15-6-13(3)7-17(8-15)33-23-27-20(11-32-23)22(29)26-14(4)16-9-18(24)21(19(25)10-16)28-34(5,30)31/h6-12,14,28H,1-5H3,(H,26,29)/t14-/m1/s1. The fraction of sp³-hybridized carbons (Fsp3) is 0.304. The molecule has 0 spiro atoms. The van der Waals surface area contributed by atoms with Crippen LogP contribution in [0.5, 0.6) is 11.8 Å². The fourth-order valence-corrected chi connectivity index (χ4v) is 3.72. The molecule has 1 aromatic heterocycles. The quantitative estimate of drug-likeness (QED) is 0.455. The lowest BCUT2D eigenvalue weighted by Crippen LogP contribution is -2.27. The van der Waals surface area contributed by atoms with Crippen molar-refractivity contribution in [1.82, 2.24) is 10.3 Å².